The number of benzene rings is 1. The van der Waals surface area contributed by atoms with Gasteiger partial charge in [-0.1, -0.05) is 13.0 Å². The molecule has 0 saturated heterocycles. The van der Waals surface area contributed by atoms with Gasteiger partial charge in [-0.15, -0.1) is 0 Å². The molecular weight excluding hydrogens is 277 g/mol. The van der Waals surface area contributed by atoms with Gasteiger partial charge >= 0.3 is 5.97 Å². The lowest BCUT2D eigenvalue weighted by molar-refractivity contribution is -0.142. The number of aliphatic carboxylic acids is 1. The highest BCUT2D eigenvalue weighted by atomic mass is 19.1. The molecule has 21 heavy (non-hydrogen) atoms. The van der Waals surface area contributed by atoms with Crippen LogP contribution in [-0.2, 0) is 16.0 Å². The van der Waals surface area contributed by atoms with Crippen molar-refractivity contribution in [3.8, 4) is 5.75 Å². The highest BCUT2D eigenvalue weighted by Crippen LogP contribution is 2.18. The van der Waals surface area contributed by atoms with Gasteiger partial charge in [0.25, 0.3) is 0 Å². The lowest BCUT2D eigenvalue weighted by atomic mass is 10.1. The maximum absolute atomic E-state index is 13.5. The van der Waals surface area contributed by atoms with Crippen molar-refractivity contribution in [3.63, 3.8) is 0 Å². The first-order chi connectivity index (χ1) is 9.85. The Morgan fingerprint density at radius 1 is 1.43 bits per heavy atom. The number of ether oxygens (including phenoxy) is 1. The molecule has 0 saturated carbocycles. The summed E-state index contributed by atoms with van der Waals surface area (Å²) in [5, 5.41) is 8.81. The van der Waals surface area contributed by atoms with Crippen molar-refractivity contribution < 1.29 is 23.8 Å². The zero-order valence-corrected chi connectivity index (χ0v) is 12.4. The van der Waals surface area contributed by atoms with Gasteiger partial charge in [0.15, 0.2) is 11.6 Å². The van der Waals surface area contributed by atoms with Gasteiger partial charge in [-0.25, -0.2) is 4.39 Å². The van der Waals surface area contributed by atoms with E-state index in [-0.39, 0.29) is 24.6 Å². The number of carboxylic acids is 1. The van der Waals surface area contributed by atoms with E-state index in [4.69, 9.17) is 9.84 Å². The number of hydrogen-bond donors (Lipinski definition) is 1. The van der Waals surface area contributed by atoms with Gasteiger partial charge in [0.1, 0.15) is 0 Å². The number of halogens is 1. The minimum atomic E-state index is -0.938. The van der Waals surface area contributed by atoms with E-state index in [2.05, 4.69) is 0 Å². The summed E-state index contributed by atoms with van der Waals surface area (Å²) in [5.74, 6) is -2.02. The van der Waals surface area contributed by atoms with E-state index in [0.29, 0.717) is 12.0 Å². The SMILES string of the molecule is COc1ccc(CCC(=O)N(C)C[C@H](C)C(=O)O)cc1F. The van der Waals surface area contributed by atoms with Crippen molar-refractivity contribution in [2.24, 2.45) is 5.92 Å². The van der Waals surface area contributed by atoms with E-state index in [1.165, 1.54) is 24.1 Å². The van der Waals surface area contributed by atoms with Crippen LogP contribution in [0.2, 0.25) is 0 Å². The Kier molecular flexibility index (Phi) is 6.14. The van der Waals surface area contributed by atoms with Crippen LogP contribution in [0.4, 0.5) is 4.39 Å². The quantitative estimate of drug-likeness (QED) is 0.835. The van der Waals surface area contributed by atoms with Crippen molar-refractivity contribution in [2.45, 2.75) is 19.8 Å². The highest BCUT2D eigenvalue weighted by molar-refractivity contribution is 5.77. The van der Waals surface area contributed by atoms with Crippen LogP contribution in [0, 0.1) is 11.7 Å². The Bertz CT molecular complexity index is 518. The maximum atomic E-state index is 13.5. The molecule has 1 rings (SSSR count). The molecule has 0 aliphatic carbocycles. The Hall–Kier alpha value is -2.11. The number of methoxy groups -OCH3 is 1. The largest absolute Gasteiger partial charge is 0.494 e. The molecule has 0 aliphatic heterocycles. The number of carbonyl (C=O) groups is 2. The summed E-state index contributed by atoms with van der Waals surface area (Å²) >= 11 is 0. The molecule has 1 N–H and O–H groups in total. The summed E-state index contributed by atoms with van der Waals surface area (Å²) in [7, 11) is 2.95. The molecule has 1 amide bonds. The standard InChI is InChI=1S/C15H20FNO4/c1-10(15(19)20)9-17(2)14(18)7-5-11-4-6-13(21-3)12(16)8-11/h4,6,8,10H,5,7,9H2,1-3H3,(H,19,20)/t10-/m0/s1. The topological polar surface area (TPSA) is 66.8 Å². The van der Waals surface area contributed by atoms with E-state index in [1.54, 1.807) is 20.0 Å². The number of nitrogens with zero attached hydrogens (tertiary/aromatic N) is 1. The van der Waals surface area contributed by atoms with Crippen molar-refractivity contribution in [1.29, 1.82) is 0 Å². The average Bonchev–Trinajstić information content (AvgIpc) is 2.44. The molecule has 116 valence electrons. The minimum Gasteiger partial charge on any atom is -0.494 e. The van der Waals surface area contributed by atoms with Gasteiger partial charge in [0.05, 0.1) is 13.0 Å². The van der Waals surface area contributed by atoms with E-state index < -0.39 is 17.7 Å². The van der Waals surface area contributed by atoms with E-state index in [0.717, 1.165) is 0 Å². The third kappa shape index (κ3) is 5.06. The van der Waals surface area contributed by atoms with E-state index in [9.17, 15) is 14.0 Å². The second-order valence-corrected chi connectivity index (χ2v) is 4.98. The smallest absolute Gasteiger partial charge is 0.308 e. The first kappa shape index (κ1) is 16.9. The number of aryl methyl sites for hydroxylation is 1. The molecule has 0 radical (unpaired) electrons. The zero-order chi connectivity index (χ0) is 16.0. The first-order valence-electron chi connectivity index (χ1n) is 6.64. The van der Waals surface area contributed by atoms with Crippen LogP contribution in [0.1, 0.15) is 18.9 Å². The van der Waals surface area contributed by atoms with Gasteiger partial charge < -0.3 is 14.7 Å². The van der Waals surface area contributed by atoms with Crippen LogP contribution >= 0.6 is 0 Å². The molecule has 6 heteroatoms. The van der Waals surface area contributed by atoms with Gasteiger partial charge in [-0.2, -0.15) is 0 Å². The number of amides is 1. The van der Waals surface area contributed by atoms with E-state index >= 15 is 0 Å². The molecule has 1 aromatic rings. The summed E-state index contributed by atoms with van der Waals surface area (Å²) in [6.45, 7) is 1.70. The third-order valence-corrected chi connectivity index (χ3v) is 3.24. The average molecular weight is 297 g/mol. The molecule has 0 aliphatic rings. The van der Waals surface area contributed by atoms with Crippen molar-refractivity contribution in [3.05, 3.63) is 29.6 Å². The van der Waals surface area contributed by atoms with Crippen LogP contribution in [0.15, 0.2) is 18.2 Å². The van der Waals surface area contributed by atoms with Gasteiger partial charge in [0.2, 0.25) is 5.91 Å². The highest BCUT2D eigenvalue weighted by Gasteiger charge is 2.17. The molecule has 0 heterocycles. The number of rotatable bonds is 7. The molecule has 1 aromatic carbocycles. The Morgan fingerprint density at radius 2 is 2.10 bits per heavy atom. The second kappa shape index (κ2) is 7.61. The summed E-state index contributed by atoms with van der Waals surface area (Å²) in [6.07, 6.45) is 0.597. The van der Waals surface area contributed by atoms with Crippen molar-refractivity contribution >= 4 is 11.9 Å². The van der Waals surface area contributed by atoms with Gasteiger partial charge in [-0.3, -0.25) is 9.59 Å². The predicted molar refractivity (Wildman–Crippen MR) is 75.7 cm³/mol. The Balaban J connectivity index is 2.52. The normalized spacial score (nSPS) is 11.8. The molecule has 0 unspecified atom stereocenters. The van der Waals surface area contributed by atoms with Gasteiger partial charge in [0, 0.05) is 20.0 Å². The fourth-order valence-electron chi connectivity index (χ4n) is 1.90. The van der Waals surface area contributed by atoms with Crippen LogP contribution in [-0.4, -0.2) is 42.6 Å². The summed E-state index contributed by atoms with van der Waals surface area (Å²) in [4.78, 5) is 24.0. The van der Waals surface area contributed by atoms with Crippen molar-refractivity contribution in [2.75, 3.05) is 20.7 Å². The summed E-state index contributed by atoms with van der Waals surface area (Å²) in [5.41, 5.74) is 0.696. The third-order valence-electron chi connectivity index (χ3n) is 3.24. The summed E-state index contributed by atoms with van der Waals surface area (Å²) < 4.78 is 18.3. The Labute approximate surface area is 123 Å². The number of carbonyl (C=O) groups excluding carboxylic acids is 1. The number of carboxylic acid groups (broad SMARTS) is 1. The fourth-order valence-corrected chi connectivity index (χ4v) is 1.90. The minimum absolute atomic E-state index is 0.158. The summed E-state index contributed by atoms with van der Waals surface area (Å²) in [6, 6.07) is 4.56. The molecular formula is C15H20FNO4. The molecule has 5 nitrogen and oxygen atoms in total. The lowest BCUT2D eigenvalue weighted by Crippen LogP contribution is -2.33. The van der Waals surface area contributed by atoms with Crippen molar-refractivity contribution in [1.82, 2.24) is 4.90 Å². The first-order valence-corrected chi connectivity index (χ1v) is 6.64. The fraction of sp³-hybridized carbons (Fsp3) is 0.467. The lowest BCUT2D eigenvalue weighted by Gasteiger charge is -2.19. The van der Waals surface area contributed by atoms with Crippen LogP contribution in [0.25, 0.3) is 0 Å². The zero-order valence-electron chi connectivity index (χ0n) is 12.4. The monoisotopic (exact) mass is 297 g/mol. The van der Waals surface area contributed by atoms with E-state index in [1.807, 2.05) is 0 Å². The molecule has 0 spiro atoms. The molecule has 1 atom stereocenters. The van der Waals surface area contributed by atoms with Gasteiger partial charge in [-0.05, 0) is 24.1 Å². The predicted octanol–water partition coefficient (Wildman–Crippen LogP) is 1.95. The number of hydrogen-bond acceptors (Lipinski definition) is 3. The van der Waals surface area contributed by atoms with Crippen LogP contribution in [0.5, 0.6) is 5.75 Å². The Morgan fingerprint density at radius 3 is 2.62 bits per heavy atom. The second-order valence-electron chi connectivity index (χ2n) is 4.98. The van der Waals surface area contributed by atoms with Crippen LogP contribution in [0.3, 0.4) is 0 Å². The maximum Gasteiger partial charge on any atom is 0.308 e. The molecule has 0 aromatic heterocycles. The van der Waals surface area contributed by atoms with Crippen LogP contribution < -0.4 is 4.74 Å². The molecule has 0 bridgehead atoms. The molecule has 0 fully saturated rings.